The van der Waals surface area contributed by atoms with E-state index < -0.39 is 0 Å². The molecular formula is C22H11N3O2Se2. The minimum atomic E-state index is -0.164. The first-order valence-corrected chi connectivity index (χ1v) is 12.6. The molecule has 0 N–H and O–H groups in total. The summed E-state index contributed by atoms with van der Waals surface area (Å²) in [6.45, 7) is 0. The van der Waals surface area contributed by atoms with Gasteiger partial charge in [0.05, 0.1) is 0 Å². The van der Waals surface area contributed by atoms with Crippen LogP contribution in [0.4, 0.5) is 0 Å². The monoisotopic (exact) mass is 509 g/mol. The molecule has 5 aromatic rings. The van der Waals surface area contributed by atoms with Crippen LogP contribution in [-0.2, 0) is 0 Å². The molecule has 0 fully saturated rings. The van der Waals surface area contributed by atoms with E-state index in [4.69, 9.17) is 0 Å². The van der Waals surface area contributed by atoms with Crippen molar-refractivity contribution in [2.75, 3.05) is 0 Å². The van der Waals surface area contributed by atoms with Crippen LogP contribution in [0.3, 0.4) is 0 Å². The second kappa shape index (κ2) is 6.34. The van der Waals surface area contributed by atoms with Gasteiger partial charge >= 0.3 is 177 Å². The summed E-state index contributed by atoms with van der Waals surface area (Å²) >= 11 is 0.284. The third-order valence-corrected chi connectivity index (χ3v) is 8.89. The van der Waals surface area contributed by atoms with Gasteiger partial charge in [-0.2, -0.15) is 0 Å². The summed E-state index contributed by atoms with van der Waals surface area (Å²) in [4.78, 5) is 30.1. The number of ketones is 2. The first-order valence-electron chi connectivity index (χ1n) is 8.89. The molecule has 0 unspecified atom stereocenters. The second-order valence-corrected chi connectivity index (χ2v) is 10.6. The molecule has 6 rings (SSSR count). The fourth-order valence-corrected chi connectivity index (χ4v) is 7.24. The third-order valence-electron chi connectivity index (χ3n) is 5.09. The van der Waals surface area contributed by atoms with E-state index in [9.17, 15) is 9.59 Å². The Hall–Kier alpha value is -2.82. The van der Waals surface area contributed by atoms with E-state index >= 15 is 0 Å². The summed E-state index contributed by atoms with van der Waals surface area (Å²) in [5.74, 6) is -0.328. The van der Waals surface area contributed by atoms with Crippen molar-refractivity contribution in [2.45, 2.75) is 0 Å². The van der Waals surface area contributed by atoms with Crippen LogP contribution in [0.25, 0.3) is 32.4 Å². The zero-order chi connectivity index (χ0) is 19.5. The van der Waals surface area contributed by atoms with Crippen LogP contribution in [0.2, 0.25) is 0 Å². The van der Waals surface area contributed by atoms with Gasteiger partial charge in [-0.3, -0.25) is 0 Å². The van der Waals surface area contributed by atoms with Gasteiger partial charge in [-0.15, -0.1) is 0 Å². The predicted octanol–water partition coefficient (Wildman–Crippen LogP) is 3.15. The van der Waals surface area contributed by atoms with E-state index in [-0.39, 0.29) is 31.6 Å². The quantitative estimate of drug-likeness (QED) is 0.209. The standard InChI is InChI=1S/C22H11N3O2Se2/c26-20-16-7-13-10-28-11-14(13)8-17(16)21(27)18(20)9-15-1-2-19(29-15)25-6-4-12-3-5-23-24-22(12)25/h1-11H. The fraction of sp³-hybridized carbons (Fsp3) is 0. The number of hydrogen-bond donors (Lipinski definition) is 0. The van der Waals surface area contributed by atoms with Gasteiger partial charge in [0.1, 0.15) is 0 Å². The number of nitrogens with zero attached hydrogens (tertiary/aromatic N) is 3. The van der Waals surface area contributed by atoms with Crippen molar-refractivity contribution in [1.29, 1.82) is 0 Å². The first kappa shape index (κ1) is 17.1. The van der Waals surface area contributed by atoms with Gasteiger partial charge in [0.25, 0.3) is 0 Å². The number of Topliss-reactive ketones (excluding diaryl/α,β-unsaturated/α-hetero) is 2. The molecule has 138 valence electrons. The Morgan fingerprint density at radius 3 is 2.41 bits per heavy atom. The predicted molar refractivity (Wildman–Crippen MR) is 113 cm³/mol. The summed E-state index contributed by atoms with van der Waals surface area (Å²) in [5, 5.41) is 11.4. The van der Waals surface area contributed by atoms with Crippen LogP contribution >= 0.6 is 0 Å². The molecule has 0 aliphatic heterocycles. The Kier molecular flexibility index (Phi) is 3.73. The maximum atomic E-state index is 12.9. The number of aromatic nitrogens is 3. The Balaban J connectivity index is 1.41. The average molecular weight is 507 g/mol. The van der Waals surface area contributed by atoms with Crippen LogP contribution in [0, 0.1) is 0 Å². The molecule has 7 heteroatoms. The SMILES string of the molecule is O=C1C(=Cc2ccc(-n3ccc4ccnnc43)[se]2)C(=O)c2cc3c[se]cc3cc21. The average Bonchev–Trinajstić information content (AvgIpc) is 3.50. The number of hydrogen-bond acceptors (Lipinski definition) is 4. The summed E-state index contributed by atoms with van der Waals surface area (Å²) in [6, 6.07) is 11.7. The molecule has 5 nitrogen and oxygen atoms in total. The summed E-state index contributed by atoms with van der Waals surface area (Å²) in [5.41, 5.74) is 2.16. The van der Waals surface area contributed by atoms with E-state index in [1.807, 2.05) is 47.2 Å². The maximum absolute atomic E-state index is 12.9. The van der Waals surface area contributed by atoms with Crippen LogP contribution in [0.15, 0.2) is 64.2 Å². The van der Waals surface area contributed by atoms with E-state index in [1.165, 1.54) is 0 Å². The number of allylic oxidation sites excluding steroid dienone is 1. The van der Waals surface area contributed by atoms with Crippen molar-refractivity contribution in [3.63, 3.8) is 0 Å². The number of carbonyl (C=O) groups is 2. The molecule has 29 heavy (non-hydrogen) atoms. The van der Waals surface area contributed by atoms with Gasteiger partial charge in [0.2, 0.25) is 0 Å². The zero-order valence-corrected chi connectivity index (χ0v) is 18.3. The van der Waals surface area contributed by atoms with Crippen molar-refractivity contribution in [1.82, 2.24) is 14.8 Å². The molecule has 0 atom stereocenters. The number of carbonyl (C=O) groups excluding carboxylic acids is 2. The molecule has 0 amide bonds. The summed E-state index contributed by atoms with van der Waals surface area (Å²) in [7, 11) is 0. The van der Waals surface area contributed by atoms with Gasteiger partial charge in [-0.05, 0) is 0 Å². The van der Waals surface area contributed by atoms with Crippen LogP contribution in [0.1, 0.15) is 25.2 Å². The van der Waals surface area contributed by atoms with Crippen LogP contribution < -0.4 is 0 Å². The Morgan fingerprint density at radius 2 is 1.66 bits per heavy atom. The molecule has 1 aromatic carbocycles. The van der Waals surface area contributed by atoms with Gasteiger partial charge in [-0.1, -0.05) is 0 Å². The van der Waals surface area contributed by atoms with E-state index in [2.05, 4.69) is 20.1 Å². The first-order chi connectivity index (χ1) is 14.2. The fourth-order valence-electron chi connectivity index (χ4n) is 3.66. The molecule has 0 spiro atoms. The molecule has 4 aromatic heterocycles. The summed E-state index contributed by atoms with van der Waals surface area (Å²) < 4.78 is 4.12. The topological polar surface area (TPSA) is 64.8 Å². The van der Waals surface area contributed by atoms with Crippen molar-refractivity contribution in [2.24, 2.45) is 0 Å². The van der Waals surface area contributed by atoms with Gasteiger partial charge in [0.15, 0.2) is 0 Å². The number of fused-ring (bicyclic) bond motifs is 3. The Bertz CT molecular complexity index is 1450. The zero-order valence-electron chi connectivity index (χ0n) is 14.8. The molecule has 1 aliphatic rings. The van der Waals surface area contributed by atoms with Crippen molar-refractivity contribution in [3.8, 4) is 4.56 Å². The third kappa shape index (κ3) is 2.60. The summed E-state index contributed by atoms with van der Waals surface area (Å²) in [6.07, 6.45) is 5.43. The molecule has 0 saturated heterocycles. The van der Waals surface area contributed by atoms with Crippen LogP contribution in [0.5, 0.6) is 0 Å². The van der Waals surface area contributed by atoms with Gasteiger partial charge in [0, 0.05) is 0 Å². The van der Waals surface area contributed by atoms with Crippen LogP contribution in [-0.4, -0.2) is 55.3 Å². The number of rotatable bonds is 2. The minimum absolute atomic E-state index is 0.0301. The molecule has 4 heterocycles. The molecule has 0 saturated carbocycles. The van der Waals surface area contributed by atoms with Gasteiger partial charge < -0.3 is 0 Å². The van der Waals surface area contributed by atoms with E-state index in [0.717, 1.165) is 30.8 Å². The second-order valence-electron chi connectivity index (χ2n) is 6.79. The Morgan fingerprint density at radius 1 is 0.897 bits per heavy atom. The molecule has 0 bridgehead atoms. The molecular weight excluding hydrogens is 496 g/mol. The van der Waals surface area contributed by atoms with E-state index in [1.54, 1.807) is 12.3 Å². The van der Waals surface area contributed by atoms with Crippen molar-refractivity contribution in [3.05, 3.63) is 79.8 Å². The molecule has 0 radical (unpaired) electrons. The van der Waals surface area contributed by atoms with E-state index in [0.29, 0.717) is 25.6 Å². The van der Waals surface area contributed by atoms with Gasteiger partial charge in [-0.25, -0.2) is 0 Å². The number of benzene rings is 1. The van der Waals surface area contributed by atoms with Crippen molar-refractivity contribution >= 4 is 68.5 Å². The normalized spacial score (nSPS) is 13.6. The van der Waals surface area contributed by atoms with Crippen molar-refractivity contribution < 1.29 is 9.59 Å². The molecule has 1 aliphatic carbocycles. The Labute approximate surface area is 176 Å².